The summed E-state index contributed by atoms with van der Waals surface area (Å²) in [6.45, 7) is 4.53. The highest BCUT2D eigenvalue weighted by atomic mass is 31.2. The minimum Gasteiger partial charge on any atom is -0.756 e. The van der Waals surface area contributed by atoms with Crippen LogP contribution in [0, 0.1) is 0 Å². The lowest BCUT2D eigenvalue weighted by Crippen LogP contribution is -2.45. The van der Waals surface area contributed by atoms with E-state index in [0.717, 1.165) is 83.5 Å². The van der Waals surface area contributed by atoms with Crippen molar-refractivity contribution in [2.75, 3.05) is 40.9 Å². The molecule has 77 heavy (non-hydrogen) atoms. The zero-order valence-corrected chi connectivity index (χ0v) is 52.0. The number of likely N-dealkylation sites (N-methyl/N-ethyl adjacent to an activating group) is 1. The summed E-state index contributed by atoms with van der Waals surface area (Å²) >= 11 is 0. The first kappa shape index (κ1) is 74.7. The van der Waals surface area contributed by atoms with Crippen molar-refractivity contribution in [3.8, 4) is 0 Å². The lowest BCUT2D eigenvalue weighted by atomic mass is 10.0. The van der Waals surface area contributed by atoms with Gasteiger partial charge in [-0.2, -0.15) is 0 Å². The van der Waals surface area contributed by atoms with Gasteiger partial charge in [0.05, 0.1) is 39.9 Å². The molecule has 0 aliphatic rings. The van der Waals surface area contributed by atoms with E-state index in [9.17, 15) is 19.4 Å². The standard InChI is InChI=1S/C68H125N2O6P/c1-6-8-10-12-14-16-18-20-22-24-26-28-30-32-33-34-35-36-38-39-41-43-45-47-49-51-53-55-57-59-61-67(71)66(65-76-77(73,74)75-64-63-70(3,4)5)69-68(72)62-60-58-56-54-52-50-48-46-44-42-40-37-31-29-27-25-23-21-19-17-15-13-11-9-7-2/h9,11,15,17,21,23,27,29,37,40,51,53,59,61,66-67,71H,6-8,10,12-14,16,18-20,22,24-26,28,30-36,38-39,41-50,52,54-58,60,62-65H2,1-5H3,(H-,69,72,73,74)/b11-9-,17-15-,23-21-,29-27-,40-37-,53-51+,61-59+. The number of quaternary nitrogens is 1. The highest BCUT2D eigenvalue weighted by Gasteiger charge is 2.23. The van der Waals surface area contributed by atoms with Crippen LogP contribution in [0.5, 0.6) is 0 Å². The molecule has 448 valence electrons. The molecule has 2 N–H and O–H groups in total. The first-order valence-electron chi connectivity index (χ1n) is 32.4. The Morgan fingerprint density at radius 3 is 1.21 bits per heavy atom. The zero-order chi connectivity index (χ0) is 56.3. The van der Waals surface area contributed by atoms with Gasteiger partial charge < -0.3 is 28.8 Å². The summed E-state index contributed by atoms with van der Waals surface area (Å²) < 4.78 is 23.4. The predicted octanol–water partition coefficient (Wildman–Crippen LogP) is 19.7. The Morgan fingerprint density at radius 1 is 0.468 bits per heavy atom. The van der Waals surface area contributed by atoms with E-state index < -0.39 is 26.6 Å². The van der Waals surface area contributed by atoms with Gasteiger partial charge in [0, 0.05) is 6.42 Å². The number of aliphatic hydroxyl groups is 1. The van der Waals surface area contributed by atoms with Crippen LogP contribution in [-0.2, 0) is 18.4 Å². The maximum Gasteiger partial charge on any atom is 0.268 e. The topological polar surface area (TPSA) is 108 Å². The molecule has 0 aromatic heterocycles. The van der Waals surface area contributed by atoms with Crippen LogP contribution in [0.3, 0.4) is 0 Å². The quantitative estimate of drug-likeness (QED) is 0.0272. The summed E-state index contributed by atoms with van der Waals surface area (Å²) in [5, 5.41) is 13.9. The Bertz CT molecular complexity index is 1530. The summed E-state index contributed by atoms with van der Waals surface area (Å²) in [5.41, 5.74) is 0. The maximum atomic E-state index is 13.0. The van der Waals surface area contributed by atoms with Crippen molar-refractivity contribution in [1.29, 1.82) is 0 Å². The van der Waals surface area contributed by atoms with Gasteiger partial charge in [0.2, 0.25) is 5.91 Å². The van der Waals surface area contributed by atoms with Crippen LogP contribution in [0.2, 0.25) is 0 Å². The van der Waals surface area contributed by atoms with E-state index in [4.69, 9.17) is 9.05 Å². The fourth-order valence-electron chi connectivity index (χ4n) is 9.32. The van der Waals surface area contributed by atoms with Gasteiger partial charge in [-0.05, 0) is 77.0 Å². The number of amides is 1. The summed E-state index contributed by atoms with van der Waals surface area (Å²) in [5.74, 6) is -0.214. The fraction of sp³-hybridized carbons (Fsp3) is 0.779. The van der Waals surface area contributed by atoms with Gasteiger partial charge in [-0.25, -0.2) is 0 Å². The molecule has 0 rings (SSSR count). The number of nitrogens with zero attached hydrogens (tertiary/aromatic N) is 1. The molecule has 9 heteroatoms. The number of rotatable bonds is 59. The zero-order valence-electron chi connectivity index (χ0n) is 51.1. The second kappa shape index (κ2) is 58.3. The molecule has 0 aliphatic heterocycles. The number of nitrogens with one attached hydrogen (secondary N) is 1. The van der Waals surface area contributed by atoms with E-state index in [-0.39, 0.29) is 12.5 Å². The van der Waals surface area contributed by atoms with E-state index >= 15 is 0 Å². The monoisotopic (exact) mass is 1100 g/mol. The Kier molecular flexibility index (Phi) is 56.6. The van der Waals surface area contributed by atoms with Gasteiger partial charge in [0.1, 0.15) is 13.2 Å². The van der Waals surface area contributed by atoms with Crippen LogP contribution in [0.4, 0.5) is 0 Å². The minimum atomic E-state index is -4.62. The number of carbonyl (C=O) groups excluding carboxylic acids is 1. The molecule has 0 heterocycles. The molecule has 8 nitrogen and oxygen atoms in total. The van der Waals surface area contributed by atoms with Gasteiger partial charge in [-0.15, -0.1) is 0 Å². The van der Waals surface area contributed by atoms with Crippen molar-refractivity contribution in [3.05, 3.63) is 85.1 Å². The maximum absolute atomic E-state index is 13.0. The summed E-state index contributed by atoms with van der Waals surface area (Å²) in [6.07, 6.45) is 82.6. The molecule has 0 fully saturated rings. The first-order chi connectivity index (χ1) is 37.5. The average molecular weight is 1100 g/mol. The number of carbonyl (C=O) groups is 1. The number of phosphoric acid groups is 1. The summed E-state index contributed by atoms with van der Waals surface area (Å²) in [6, 6.07) is -0.914. The van der Waals surface area contributed by atoms with Crippen molar-refractivity contribution in [2.24, 2.45) is 0 Å². The number of hydrogen-bond acceptors (Lipinski definition) is 6. The van der Waals surface area contributed by atoms with Crippen molar-refractivity contribution >= 4 is 13.7 Å². The Balaban J connectivity index is 4.19. The van der Waals surface area contributed by atoms with Crippen LogP contribution < -0.4 is 10.2 Å². The summed E-state index contributed by atoms with van der Waals surface area (Å²) in [4.78, 5) is 25.6. The lowest BCUT2D eigenvalue weighted by Gasteiger charge is -2.29. The molecule has 0 radical (unpaired) electrons. The van der Waals surface area contributed by atoms with Gasteiger partial charge in [0.25, 0.3) is 7.82 Å². The van der Waals surface area contributed by atoms with Gasteiger partial charge >= 0.3 is 0 Å². The number of hydrogen-bond donors (Lipinski definition) is 2. The van der Waals surface area contributed by atoms with Crippen LogP contribution >= 0.6 is 7.82 Å². The third-order valence-electron chi connectivity index (χ3n) is 14.3. The van der Waals surface area contributed by atoms with Crippen LogP contribution in [-0.4, -0.2) is 68.5 Å². The molecule has 0 saturated carbocycles. The predicted molar refractivity (Wildman–Crippen MR) is 334 cm³/mol. The molecule has 1 amide bonds. The number of phosphoric ester groups is 1. The van der Waals surface area contributed by atoms with Crippen molar-refractivity contribution in [2.45, 2.75) is 302 Å². The van der Waals surface area contributed by atoms with Crippen LogP contribution in [0.15, 0.2) is 85.1 Å². The van der Waals surface area contributed by atoms with Crippen molar-refractivity contribution < 1.29 is 32.9 Å². The average Bonchev–Trinajstić information content (AvgIpc) is 3.39. The molecular formula is C68H125N2O6P. The molecule has 0 aromatic carbocycles. The molecule has 0 aliphatic carbocycles. The second-order valence-corrected chi connectivity index (χ2v) is 24.5. The largest absolute Gasteiger partial charge is 0.756 e. The van der Waals surface area contributed by atoms with Gasteiger partial charge in [-0.3, -0.25) is 9.36 Å². The summed E-state index contributed by atoms with van der Waals surface area (Å²) in [7, 11) is 1.24. The molecule has 0 saturated heterocycles. The third-order valence-corrected chi connectivity index (χ3v) is 15.3. The molecule has 0 spiro atoms. The van der Waals surface area contributed by atoms with Gasteiger partial charge in [0.15, 0.2) is 0 Å². The minimum absolute atomic E-state index is 0.0112. The van der Waals surface area contributed by atoms with Crippen LogP contribution in [0.1, 0.15) is 290 Å². The van der Waals surface area contributed by atoms with E-state index in [2.05, 4.69) is 92.1 Å². The highest BCUT2D eigenvalue weighted by molar-refractivity contribution is 7.45. The van der Waals surface area contributed by atoms with Crippen molar-refractivity contribution in [3.63, 3.8) is 0 Å². The normalized spacial score (nSPS) is 14.3. The highest BCUT2D eigenvalue weighted by Crippen LogP contribution is 2.38. The second-order valence-electron chi connectivity index (χ2n) is 23.1. The van der Waals surface area contributed by atoms with E-state index in [1.54, 1.807) is 6.08 Å². The Morgan fingerprint density at radius 2 is 0.805 bits per heavy atom. The van der Waals surface area contributed by atoms with E-state index in [0.29, 0.717) is 17.4 Å². The molecular weight excluding hydrogens is 972 g/mol. The van der Waals surface area contributed by atoms with Crippen molar-refractivity contribution in [1.82, 2.24) is 5.32 Å². The van der Waals surface area contributed by atoms with Crippen LogP contribution in [0.25, 0.3) is 0 Å². The Hall–Kier alpha value is -2.32. The molecule has 3 atom stereocenters. The molecule has 0 bridgehead atoms. The molecule has 3 unspecified atom stereocenters. The fourth-order valence-corrected chi connectivity index (χ4v) is 10.0. The smallest absolute Gasteiger partial charge is 0.268 e. The van der Waals surface area contributed by atoms with E-state index in [1.165, 1.54) is 186 Å². The third kappa shape index (κ3) is 61.2. The number of aliphatic hydroxyl groups excluding tert-OH is 1. The first-order valence-corrected chi connectivity index (χ1v) is 33.9. The van der Waals surface area contributed by atoms with Gasteiger partial charge in [-0.1, -0.05) is 292 Å². The number of allylic oxidation sites excluding steroid dienone is 13. The molecule has 0 aromatic rings. The SMILES string of the molecule is CC/C=C\C/C=C\C/C=C\C/C=C\C/C=C\CCCCCCCCCCCC(=O)NC(COP(=O)([O-])OCC[N+](C)(C)C)C(O)/C=C/CC/C=C/CCCCCCCCCCCCCCCCCCCCCCCCCC. The Labute approximate surface area is 477 Å². The van der Waals surface area contributed by atoms with E-state index in [1.807, 2.05) is 27.2 Å². The number of unbranched alkanes of at least 4 members (excludes halogenated alkanes) is 34. The lowest BCUT2D eigenvalue weighted by molar-refractivity contribution is -0.870.